The number of morpholine rings is 1. The van der Waals surface area contributed by atoms with Crippen LogP contribution in [0, 0.1) is 0 Å². The van der Waals surface area contributed by atoms with Crippen molar-refractivity contribution in [3.63, 3.8) is 0 Å². The Bertz CT molecular complexity index is 911. The first-order valence-electron chi connectivity index (χ1n) is 11.3. The molecule has 33 heavy (non-hydrogen) atoms. The largest absolute Gasteiger partial charge is 0.486 e. The number of carbonyl (C=O) groups excluding carboxylic acids is 1. The molecule has 8 heteroatoms. The van der Waals surface area contributed by atoms with E-state index in [-0.39, 0.29) is 18.7 Å². The van der Waals surface area contributed by atoms with Gasteiger partial charge in [0, 0.05) is 5.56 Å². The summed E-state index contributed by atoms with van der Waals surface area (Å²) in [5.74, 6) is 1.11. The second kappa shape index (κ2) is 11.0. The van der Waals surface area contributed by atoms with Gasteiger partial charge in [0.15, 0.2) is 17.6 Å². The highest BCUT2D eigenvalue weighted by atomic mass is 16.6. The number of aliphatic hydroxyl groups excluding tert-OH is 1. The number of carbonyl (C=O) groups is 1. The number of fused-ring (bicyclic) bond motifs is 1. The van der Waals surface area contributed by atoms with Crippen molar-refractivity contribution in [3.8, 4) is 11.5 Å². The Morgan fingerprint density at radius 2 is 1.85 bits per heavy atom. The van der Waals surface area contributed by atoms with E-state index in [1.165, 1.54) is 7.11 Å². The zero-order valence-electron chi connectivity index (χ0n) is 19.0. The third kappa shape index (κ3) is 6.23. The van der Waals surface area contributed by atoms with Gasteiger partial charge in [0.25, 0.3) is 0 Å². The van der Waals surface area contributed by atoms with E-state index in [0.29, 0.717) is 48.8 Å². The molecule has 0 bridgehead atoms. The number of benzene rings is 2. The molecule has 2 atom stereocenters. The second-order valence-corrected chi connectivity index (χ2v) is 8.62. The highest BCUT2D eigenvalue weighted by molar-refractivity contribution is 5.89. The van der Waals surface area contributed by atoms with Crippen LogP contribution in [-0.4, -0.2) is 87.5 Å². The minimum Gasteiger partial charge on any atom is -0.486 e. The Kier molecular flexibility index (Phi) is 7.82. The van der Waals surface area contributed by atoms with Gasteiger partial charge in [-0.3, -0.25) is 0 Å². The van der Waals surface area contributed by atoms with Gasteiger partial charge in [-0.25, -0.2) is 4.79 Å². The molecule has 2 heterocycles. The van der Waals surface area contributed by atoms with E-state index in [2.05, 4.69) is 0 Å². The van der Waals surface area contributed by atoms with Crippen molar-refractivity contribution in [2.24, 2.45) is 0 Å². The van der Waals surface area contributed by atoms with E-state index in [0.717, 1.165) is 30.9 Å². The fraction of sp³-hybridized carbons (Fsp3) is 0.480. The van der Waals surface area contributed by atoms with Crippen molar-refractivity contribution in [1.82, 2.24) is 0 Å². The minimum absolute atomic E-state index is 0.202. The van der Waals surface area contributed by atoms with E-state index in [1.807, 2.05) is 36.4 Å². The highest BCUT2D eigenvalue weighted by Gasteiger charge is 2.33. The summed E-state index contributed by atoms with van der Waals surface area (Å²) < 4.78 is 28.5. The lowest BCUT2D eigenvalue weighted by atomic mass is 10.1. The van der Waals surface area contributed by atoms with Gasteiger partial charge < -0.3 is 33.3 Å². The number of quaternary nitrogens is 1. The van der Waals surface area contributed by atoms with Crippen LogP contribution in [0.2, 0.25) is 0 Å². The number of nitrogens with zero attached hydrogens (tertiary/aromatic N) is 1. The molecular formula is C25H32NO7+. The molecule has 8 nitrogen and oxygen atoms in total. The predicted molar refractivity (Wildman–Crippen MR) is 120 cm³/mol. The summed E-state index contributed by atoms with van der Waals surface area (Å²) in [4.78, 5) is 11.7. The van der Waals surface area contributed by atoms with E-state index in [9.17, 15) is 9.90 Å². The Morgan fingerprint density at radius 1 is 1.12 bits per heavy atom. The summed E-state index contributed by atoms with van der Waals surface area (Å²) in [5.41, 5.74) is 1.63. The van der Waals surface area contributed by atoms with Gasteiger partial charge in [-0.15, -0.1) is 0 Å². The van der Waals surface area contributed by atoms with Crippen LogP contribution in [0.15, 0.2) is 48.5 Å². The number of rotatable bonds is 9. The Morgan fingerprint density at radius 3 is 2.58 bits per heavy atom. The van der Waals surface area contributed by atoms with Crippen LogP contribution in [0.1, 0.15) is 15.9 Å². The van der Waals surface area contributed by atoms with Crippen LogP contribution in [-0.2, 0) is 20.8 Å². The molecule has 2 aromatic carbocycles. The van der Waals surface area contributed by atoms with Gasteiger partial charge in [-0.2, -0.15) is 0 Å². The molecule has 2 aliphatic heterocycles. The monoisotopic (exact) mass is 458 g/mol. The molecule has 0 aromatic heterocycles. The van der Waals surface area contributed by atoms with E-state index in [1.54, 1.807) is 12.1 Å². The molecule has 0 aliphatic carbocycles. The third-order valence-corrected chi connectivity index (χ3v) is 6.09. The van der Waals surface area contributed by atoms with Gasteiger partial charge >= 0.3 is 5.97 Å². The Hall–Kier alpha value is -2.65. The number of hydrogen-bond donors (Lipinski definition) is 1. The summed E-state index contributed by atoms with van der Waals surface area (Å²) in [5, 5.41) is 10.8. The first-order chi connectivity index (χ1) is 16.1. The molecule has 1 N–H and O–H groups in total. The van der Waals surface area contributed by atoms with Crippen molar-refractivity contribution >= 4 is 5.97 Å². The van der Waals surface area contributed by atoms with Gasteiger partial charge in [0.2, 0.25) is 0 Å². The molecule has 1 saturated heterocycles. The molecular weight excluding hydrogens is 426 g/mol. The van der Waals surface area contributed by atoms with Gasteiger partial charge in [-0.1, -0.05) is 24.3 Å². The maximum absolute atomic E-state index is 11.7. The molecule has 0 radical (unpaired) electrons. The summed E-state index contributed by atoms with van der Waals surface area (Å²) in [7, 11) is 1.37. The molecule has 0 spiro atoms. The average molecular weight is 459 g/mol. The van der Waals surface area contributed by atoms with E-state index >= 15 is 0 Å². The Balaban J connectivity index is 1.29. The van der Waals surface area contributed by atoms with Gasteiger partial charge in [0.1, 0.15) is 38.9 Å². The summed E-state index contributed by atoms with van der Waals surface area (Å²) >= 11 is 0. The number of ether oxygens (including phenoxy) is 5. The topological polar surface area (TPSA) is 83.5 Å². The van der Waals surface area contributed by atoms with Crippen molar-refractivity contribution in [2.45, 2.75) is 18.8 Å². The van der Waals surface area contributed by atoms with E-state index in [4.69, 9.17) is 23.7 Å². The van der Waals surface area contributed by atoms with E-state index < -0.39 is 6.10 Å². The highest BCUT2D eigenvalue weighted by Crippen LogP contribution is 2.30. The molecule has 2 aliphatic rings. The lowest BCUT2D eigenvalue weighted by molar-refractivity contribution is -0.950. The van der Waals surface area contributed by atoms with Crippen molar-refractivity contribution in [2.75, 3.05) is 59.8 Å². The summed E-state index contributed by atoms with van der Waals surface area (Å²) in [6, 6.07) is 15.0. The van der Waals surface area contributed by atoms with Crippen LogP contribution in [0.25, 0.3) is 0 Å². The number of methoxy groups -OCH3 is 1. The maximum Gasteiger partial charge on any atom is 0.337 e. The maximum atomic E-state index is 11.7. The summed E-state index contributed by atoms with van der Waals surface area (Å²) in [6.45, 7) is 5.24. The van der Waals surface area contributed by atoms with Crippen LogP contribution < -0.4 is 9.47 Å². The van der Waals surface area contributed by atoms with Crippen molar-refractivity contribution in [3.05, 3.63) is 59.7 Å². The lowest BCUT2D eigenvalue weighted by Gasteiger charge is -2.42. The fourth-order valence-electron chi connectivity index (χ4n) is 4.37. The molecule has 2 aromatic rings. The van der Waals surface area contributed by atoms with Crippen molar-refractivity contribution in [1.29, 1.82) is 0 Å². The molecule has 1 fully saturated rings. The second-order valence-electron chi connectivity index (χ2n) is 8.62. The first-order valence-corrected chi connectivity index (χ1v) is 11.3. The zero-order valence-corrected chi connectivity index (χ0v) is 19.0. The van der Waals surface area contributed by atoms with Crippen LogP contribution in [0.5, 0.6) is 11.5 Å². The van der Waals surface area contributed by atoms with Crippen LogP contribution in [0.3, 0.4) is 0 Å². The average Bonchev–Trinajstić information content (AvgIpc) is 2.84. The number of esters is 1. The summed E-state index contributed by atoms with van der Waals surface area (Å²) in [6.07, 6.45) is -0.818. The van der Waals surface area contributed by atoms with Crippen LogP contribution in [0.4, 0.5) is 0 Å². The van der Waals surface area contributed by atoms with Gasteiger partial charge in [-0.05, 0) is 24.3 Å². The molecule has 0 unspecified atom stereocenters. The SMILES string of the molecule is COC(=O)c1ccc(C[N+]2(C[C@H](O)COC[C@@H]3COc4ccccc4O3)CCOCC2)cc1. The zero-order chi connectivity index (χ0) is 23.1. The fourth-order valence-corrected chi connectivity index (χ4v) is 4.37. The van der Waals surface area contributed by atoms with Gasteiger partial charge in [0.05, 0.1) is 39.1 Å². The molecule has 0 amide bonds. The quantitative estimate of drug-likeness (QED) is 0.455. The standard InChI is InChI=1S/C25H32NO7/c1-29-25(28)20-8-6-19(7-9-20)14-26(10-12-30-13-11-26)15-21(27)16-31-17-22-18-32-23-4-2-3-5-24(23)33-22/h2-9,21-22,27H,10-18H2,1H3/q+1/t21-,22+/m0/s1. The molecule has 4 rings (SSSR count). The third-order valence-electron chi connectivity index (χ3n) is 6.09. The smallest absolute Gasteiger partial charge is 0.337 e. The predicted octanol–water partition coefficient (Wildman–Crippen LogP) is 2.04. The first kappa shape index (κ1) is 23.5. The normalized spacial score (nSPS) is 20.1. The number of aliphatic hydroxyl groups is 1. The minimum atomic E-state index is -0.616. The van der Waals surface area contributed by atoms with Crippen LogP contribution >= 0.6 is 0 Å². The molecule has 178 valence electrons. The van der Waals surface area contributed by atoms with Crippen molar-refractivity contribution < 1.29 is 38.1 Å². The Labute approximate surface area is 194 Å². The molecule has 0 saturated carbocycles. The number of para-hydroxylation sites is 2. The number of hydrogen-bond acceptors (Lipinski definition) is 7. The lowest BCUT2D eigenvalue weighted by Crippen LogP contribution is -2.58.